The van der Waals surface area contributed by atoms with Gasteiger partial charge in [0, 0.05) is 12.2 Å². The second-order valence-electron chi connectivity index (χ2n) is 11.4. The summed E-state index contributed by atoms with van der Waals surface area (Å²) < 4.78 is 31.8. The molecule has 0 spiro atoms. The van der Waals surface area contributed by atoms with Crippen molar-refractivity contribution in [2.24, 2.45) is 23.2 Å². The lowest BCUT2D eigenvalue weighted by Gasteiger charge is -2.34. The van der Waals surface area contributed by atoms with Gasteiger partial charge in [-0.05, 0) is 67.4 Å². The normalized spacial score (nSPS) is 28.0. The molecule has 2 saturated carbocycles. The molecule has 5 rings (SSSR count). The topological polar surface area (TPSA) is 169 Å². The highest BCUT2D eigenvalue weighted by molar-refractivity contribution is 7.86. The van der Waals surface area contributed by atoms with Crippen molar-refractivity contribution in [3.8, 4) is 0 Å². The van der Waals surface area contributed by atoms with Crippen LogP contribution in [0.2, 0.25) is 0 Å². The lowest BCUT2D eigenvalue weighted by molar-refractivity contribution is -0.142. The second-order valence-corrected chi connectivity index (χ2v) is 13.0. The van der Waals surface area contributed by atoms with Crippen molar-refractivity contribution in [2.75, 3.05) is 6.54 Å². The third-order valence-electron chi connectivity index (χ3n) is 8.55. The Bertz CT molecular complexity index is 1270. The zero-order valence-electron chi connectivity index (χ0n) is 21.1. The number of aromatic nitrogens is 1. The maximum Gasteiger partial charge on any atom is 0.294 e. The van der Waals surface area contributed by atoms with Gasteiger partial charge in [0.05, 0.1) is 6.04 Å². The van der Waals surface area contributed by atoms with E-state index in [0.29, 0.717) is 12.2 Å². The number of likely N-dealkylation sites (tertiary alicyclic amines) is 1. The fourth-order valence-corrected chi connectivity index (χ4v) is 6.67. The third kappa shape index (κ3) is 4.70. The monoisotopic (exact) mass is 534 g/mol. The van der Waals surface area contributed by atoms with Gasteiger partial charge < -0.3 is 25.6 Å². The van der Waals surface area contributed by atoms with Crippen LogP contribution < -0.4 is 10.6 Å². The highest BCUT2D eigenvalue weighted by Crippen LogP contribution is 2.65. The SMILES string of the molecule is C[C@H](NC(=O)[C@@H]1[C@@H]2[C@H](CN1C(=O)[C@@H](NC(=O)c1cc3c([nH]1)CCC=C3)C1CC1)C2(C)C)C(O)S(=O)(=O)O. The van der Waals surface area contributed by atoms with Crippen molar-refractivity contribution in [3.05, 3.63) is 29.1 Å². The number of nitrogens with zero attached hydrogens (tertiary/aromatic N) is 1. The Hall–Kier alpha value is -2.70. The van der Waals surface area contributed by atoms with Crippen molar-refractivity contribution in [2.45, 2.75) is 70.0 Å². The van der Waals surface area contributed by atoms with Crippen LogP contribution in [0, 0.1) is 23.2 Å². The van der Waals surface area contributed by atoms with E-state index in [1.165, 1.54) is 11.8 Å². The van der Waals surface area contributed by atoms with Crippen molar-refractivity contribution >= 4 is 33.9 Å². The lowest BCUT2D eigenvalue weighted by Crippen LogP contribution is -2.58. The van der Waals surface area contributed by atoms with Gasteiger partial charge in [0.15, 0.2) is 0 Å². The molecule has 1 aromatic heterocycles. The Balaban J connectivity index is 1.33. The number of fused-ring (bicyclic) bond motifs is 2. The van der Waals surface area contributed by atoms with Crippen LogP contribution in [0.5, 0.6) is 0 Å². The molecule has 1 aliphatic heterocycles. The first-order valence-corrected chi connectivity index (χ1v) is 14.3. The fourth-order valence-electron chi connectivity index (χ4n) is 6.09. The summed E-state index contributed by atoms with van der Waals surface area (Å²) >= 11 is 0. The molecule has 1 aromatic rings. The van der Waals surface area contributed by atoms with Gasteiger partial charge in [-0.1, -0.05) is 26.0 Å². The number of carbonyl (C=O) groups is 3. The standard InChI is InChI=1S/C25H34N4O7S/c1-12(24(33)37(34,35)36)26-22(31)20-18-15(25(18,2)3)11-29(20)23(32)19(13-8-9-13)28-21(30)17-10-14-6-4-5-7-16(14)27-17/h4,6,10,12-13,15,18-20,24,27,33H,5,7-9,11H2,1-3H3,(H,26,31)(H,28,30)(H,34,35,36)/t12-,15-,18-,19-,20-,24?/m0/s1. The van der Waals surface area contributed by atoms with Gasteiger partial charge in [-0.3, -0.25) is 18.9 Å². The number of allylic oxidation sites excluding steroid dienone is 1. The average Bonchev–Trinajstić information content (AvgIpc) is 3.61. The van der Waals surface area contributed by atoms with Gasteiger partial charge in [0.1, 0.15) is 17.8 Å². The van der Waals surface area contributed by atoms with Gasteiger partial charge in [0.2, 0.25) is 17.3 Å². The molecule has 5 N–H and O–H groups in total. The smallest absolute Gasteiger partial charge is 0.294 e. The number of carbonyl (C=O) groups excluding carboxylic acids is 3. The average molecular weight is 535 g/mol. The van der Waals surface area contributed by atoms with Crippen LogP contribution in [0.25, 0.3) is 6.08 Å². The van der Waals surface area contributed by atoms with Crippen LogP contribution in [-0.2, 0) is 26.1 Å². The van der Waals surface area contributed by atoms with Crippen LogP contribution in [0.4, 0.5) is 0 Å². The molecule has 202 valence electrons. The first-order valence-electron chi connectivity index (χ1n) is 12.7. The number of aryl methyl sites for hydroxylation is 1. The first kappa shape index (κ1) is 25.9. The molecular formula is C25H34N4O7S. The molecule has 12 heteroatoms. The van der Waals surface area contributed by atoms with Crippen LogP contribution in [0.15, 0.2) is 12.1 Å². The van der Waals surface area contributed by atoms with Crippen molar-refractivity contribution in [1.29, 1.82) is 0 Å². The summed E-state index contributed by atoms with van der Waals surface area (Å²) in [5, 5.41) is 15.2. The lowest BCUT2D eigenvalue weighted by atomic mass is 9.99. The van der Waals surface area contributed by atoms with E-state index in [2.05, 4.69) is 21.7 Å². The number of H-pyrrole nitrogens is 1. The van der Waals surface area contributed by atoms with Crippen molar-refractivity contribution < 1.29 is 32.5 Å². The molecule has 6 atom stereocenters. The predicted octanol–water partition coefficient (Wildman–Crippen LogP) is 0.676. The Morgan fingerprint density at radius 1 is 1.22 bits per heavy atom. The Morgan fingerprint density at radius 3 is 2.54 bits per heavy atom. The molecule has 1 saturated heterocycles. The van der Waals surface area contributed by atoms with E-state index in [0.717, 1.165) is 36.9 Å². The largest absolute Gasteiger partial charge is 0.374 e. The van der Waals surface area contributed by atoms with Crippen LogP contribution in [0.1, 0.15) is 61.8 Å². The van der Waals surface area contributed by atoms with Crippen LogP contribution >= 0.6 is 0 Å². The molecule has 0 bridgehead atoms. The van der Waals surface area contributed by atoms with Gasteiger partial charge in [-0.15, -0.1) is 0 Å². The number of amides is 3. The number of aromatic amines is 1. The van der Waals surface area contributed by atoms with Crippen molar-refractivity contribution in [3.63, 3.8) is 0 Å². The molecule has 2 heterocycles. The number of hydrogen-bond donors (Lipinski definition) is 5. The minimum absolute atomic E-state index is 0.0186. The first-order chi connectivity index (χ1) is 17.3. The molecule has 11 nitrogen and oxygen atoms in total. The molecule has 1 unspecified atom stereocenters. The summed E-state index contributed by atoms with van der Waals surface area (Å²) in [4.78, 5) is 44.8. The maximum absolute atomic E-state index is 13.8. The van der Waals surface area contributed by atoms with E-state index >= 15 is 0 Å². The molecule has 37 heavy (non-hydrogen) atoms. The number of hydrogen-bond acceptors (Lipinski definition) is 6. The number of piperidine rings is 1. The third-order valence-corrected chi connectivity index (χ3v) is 9.56. The number of aliphatic hydroxyl groups excluding tert-OH is 1. The zero-order valence-corrected chi connectivity index (χ0v) is 21.9. The Morgan fingerprint density at radius 2 is 1.92 bits per heavy atom. The molecule has 3 fully saturated rings. The summed E-state index contributed by atoms with van der Waals surface area (Å²) in [6.07, 6.45) is 7.32. The van der Waals surface area contributed by atoms with Gasteiger partial charge >= 0.3 is 0 Å². The van der Waals surface area contributed by atoms with E-state index < -0.39 is 39.6 Å². The number of rotatable bonds is 8. The van der Waals surface area contributed by atoms with Gasteiger partial charge in [0.25, 0.3) is 16.0 Å². The molecular weight excluding hydrogens is 500 g/mol. The van der Waals surface area contributed by atoms with E-state index in [9.17, 15) is 27.9 Å². The molecule has 0 aromatic carbocycles. The Labute approximate surface area is 215 Å². The van der Waals surface area contributed by atoms with E-state index in [1.807, 2.05) is 19.9 Å². The predicted molar refractivity (Wildman–Crippen MR) is 134 cm³/mol. The van der Waals surface area contributed by atoms with E-state index in [-0.39, 0.29) is 35.0 Å². The highest BCUT2D eigenvalue weighted by atomic mass is 32.2. The minimum atomic E-state index is -4.78. The molecule has 0 radical (unpaired) electrons. The maximum atomic E-state index is 13.8. The van der Waals surface area contributed by atoms with E-state index in [4.69, 9.17) is 4.55 Å². The number of aliphatic hydroxyl groups is 1. The summed E-state index contributed by atoms with van der Waals surface area (Å²) in [5.41, 5.74) is -0.0290. The van der Waals surface area contributed by atoms with Crippen LogP contribution in [0.3, 0.4) is 0 Å². The van der Waals surface area contributed by atoms with Crippen molar-refractivity contribution in [1.82, 2.24) is 20.5 Å². The molecule has 3 amide bonds. The van der Waals surface area contributed by atoms with Gasteiger partial charge in [-0.25, -0.2) is 0 Å². The van der Waals surface area contributed by atoms with Crippen LogP contribution in [-0.4, -0.2) is 75.8 Å². The second kappa shape index (κ2) is 8.95. The number of nitrogens with one attached hydrogen (secondary N) is 3. The fraction of sp³-hybridized carbons (Fsp3) is 0.640. The van der Waals surface area contributed by atoms with E-state index in [1.54, 1.807) is 6.07 Å². The highest BCUT2D eigenvalue weighted by Gasteiger charge is 2.69. The molecule has 3 aliphatic carbocycles. The Kier molecular flexibility index (Phi) is 6.27. The zero-order chi connectivity index (χ0) is 26.9. The minimum Gasteiger partial charge on any atom is -0.374 e. The quantitative estimate of drug-likeness (QED) is 0.305. The summed E-state index contributed by atoms with van der Waals surface area (Å²) in [6.45, 7) is 5.65. The summed E-state index contributed by atoms with van der Waals surface area (Å²) in [6, 6.07) is -1.16. The summed E-state index contributed by atoms with van der Waals surface area (Å²) in [5.74, 6) is -1.36. The van der Waals surface area contributed by atoms with Gasteiger partial charge in [-0.2, -0.15) is 8.42 Å². The summed E-state index contributed by atoms with van der Waals surface area (Å²) in [7, 11) is -4.78. The molecule has 4 aliphatic rings.